The number of amides is 1. The summed E-state index contributed by atoms with van der Waals surface area (Å²) in [5, 5.41) is 5.00. The van der Waals surface area contributed by atoms with E-state index in [0.717, 1.165) is 29.5 Å². The van der Waals surface area contributed by atoms with Gasteiger partial charge in [-0.2, -0.15) is 0 Å². The molecule has 2 aromatic carbocycles. The van der Waals surface area contributed by atoms with E-state index in [9.17, 15) is 4.79 Å². The molecule has 1 saturated heterocycles. The summed E-state index contributed by atoms with van der Waals surface area (Å²) in [5.41, 5.74) is 2.17. The Hall–Kier alpha value is -2.50. The second-order valence-corrected chi connectivity index (χ2v) is 8.30. The lowest BCUT2D eigenvalue weighted by Crippen LogP contribution is -2.44. The number of hydrogen-bond acceptors (Lipinski definition) is 3. The first-order chi connectivity index (χ1) is 14.6. The van der Waals surface area contributed by atoms with Crippen LogP contribution in [0.5, 0.6) is 5.75 Å². The van der Waals surface area contributed by atoms with E-state index in [1.165, 1.54) is 5.56 Å². The molecule has 1 N–H and O–H groups in total. The summed E-state index contributed by atoms with van der Waals surface area (Å²) in [6.07, 6.45) is 4.21. The molecule has 0 spiro atoms. The van der Waals surface area contributed by atoms with Gasteiger partial charge in [0.25, 0.3) is 0 Å². The highest BCUT2D eigenvalue weighted by Gasteiger charge is 2.34. The van der Waals surface area contributed by atoms with Crippen LogP contribution in [-0.4, -0.2) is 37.3 Å². The predicted molar refractivity (Wildman–Crippen MR) is 119 cm³/mol. The van der Waals surface area contributed by atoms with E-state index in [1.807, 2.05) is 42.6 Å². The van der Waals surface area contributed by atoms with Gasteiger partial charge in [0.1, 0.15) is 5.75 Å². The number of fused-ring (bicyclic) bond motifs is 1. The SMILES string of the molecule is COc1ccc(C2(CNC(=O)CCn3ccc4ccc(Cl)cc43)CCOCC2)cc1. The summed E-state index contributed by atoms with van der Waals surface area (Å²) in [5.74, 6) is 0.891. The molecule has 1 aromatic heterocycles. The van der Waals surface area contributed by atoms with E-state index in [-0.39, 0.29) is 11.3 Å². The van der Waals surface area contributed by atoms with Gasteiger partial charge in [0, 0.05) is 54.9 Å². The summed E-state index contributed by atoms with van der Waals surface area (Å²) < 4.78 is 13.0. The van der Waals surface area contributed by atoms with E-state index in [0.29, 0.717) is 37.7 Å². The Balaban J connectivity index is 1.40. The molecule has 6 heteroatoms. The Morgan fingerprint density at radius 2 is 1.93 bits per heavy atom. The van der Waals surface area contributed by atoms with Gasteiger partial charge in [0.15, 0.2) is 0 Å². The molecule has 0 aliphatic carbocycles. The number of halogens is 1. The fourth-order valence-electron chi connectivity index (χ4n) is 4.20. The minimum absolute atomic E-state index is 0.0539. The molecule has 1 fully saturated rings. The molecule has 158 valence electrons. The molecular formula is C24H27ClN2O3. The molecule has 1 aliphatic heterocycles. The van der Waals surface area contributed by atoms with Crippen LogP contribution in [-0.2, 0) is 21.5 Å². The van der Waals surface area contributed by atoms with Gasteiger partial charge in [0.2, 0.25) is 5.91 Å². The quantitative estimate of drug-likeness (QED) is 0.602. The molecule has 0 atom stereocenters. The topological polar surface area (TPSA) is 52.5 Å². The fourth-order valence-corrected chi connectivity index (χ4v) is 4.37. The Morgan fingerprint density at radius 3 is 2.67 bits per heavy atom. The van der Waals surface area contributed by atoms with E-state index >= 15 is 0 Å². The van der Waals surface area contributed by atoms with Crippen molar-refractivity contribution in [2.24, 2.45) is 0 Å². The Labute approximate surface area is 181 Å². The largest absolute Gasteiger partial charge is 0.497 e. The Morgan fingerprint density at radius 1 is 1.17 bits per heavy atom. The normalized spacial score (nSPS) is 15.8. The summed E-state index contributed by atoms with van der Waals surface area (Å²) in [6.45, 7) is 2.64. The molecular weight excluding hydrogens is 400 g/mol. The third-order valence-electron chi connectivity index (χ3n) is 6.09. The molecule has 3 aromatic rings. The second kappa shape index (κ2) is 9.11. The first kappa shape index (κ1) is 20.8. The van der Waals surface area contributed by atoms with Crippen LogP contribution >= 0.6 is 11.6 Å². The molecule has 0 radical (unpaired) electrons. The minimum atomic E-state index is -0.103. The number of rotatable bonds is 7. The van der Waals surface area contributed by atoms with Gasteiger partial charge in [-0.25, -0.2) is 0 Å². The zero-order valence-corrected chi connectivity index (χ0v) is 18.0. The number of carbonyl (C=O) groups is 1. The number of carbonyl (C=O) groups excluding carboxylic acids is 1. The van der Waals surface area contributed by atoms with Gasteiger partial charge in [-0.15, -0.1) is 0 Å². The maximum atomic E-state index is 12.7. The van der Waals surface area contributed by atoms with Crippen molar-refractivity contribution in [2.45, 2.75) is 31.2 Å². The summed E-state index contributed by atoms with van der Waals surface area (Å²) in [4.78, 5) is 12.7. The van der Waals surface area contributed by atoms with Gasteiger partial charge in [-0.05, 0) is 54.1 Å². The highest BCUT2D eigenvalue weighted by Crippen LogP contribution is 2.35. The molecule has 2 heterocycles. The number of hydrogen-bond donors (Lipinski definition) is 1. The number of nitrogens with one attached hydrogen (secondary N) is 1. The molecule has 5 nitrogen and oxygen atoms in total. The lowest BCUT2D eigenvalue weighted by Gasteiger charge is -2.38. The molecule has 0 saturated carbocycles. The van der Waals surface area contributed by atoms with E-state index in [1.54, 1.807) is 7.11 Å². The first-order valence-electron chi connectivity index (χ1n) is 10.3. The van der Waals surface area contributed by atoms with E-state index in [4.69, 9.17) is 21.1 Å². The average Bonchev–Trinajstić information content (AvgIpc) is 3.19. The lowest BCUT2D eigenvalue weighted by molar-refractivity contribution is -0.121. The maximum absolute atomic E-state index is 12.7. The van der Waals surface area contributed by atoms with Gasteiger partial charge in [0.05, 0.1) is 7.11 Å². The zero-order chi connectivity index (χ0) is 21.0. The number of nitrogens with zero attached hydrogens (tertiary/aromatic N) is 1. The lowest BCUT2D eigenvalue weighted by atomic mass is 9.74. The van der Waals surface area contributed by atoms with Crippen molar-refractivity contribution >= 4 is 28.4 Å². The molecule has 0 unspecified atom stereocenters. The van der Waals surface area contributed by atoms with Crippen molar-refractivity contribution in [3.05, 3.63) is 65.3 Å². The van der Waals surface area contributed by atoms with E-state index in [2.05, 4.69) is 22.0 Å². The summed E-state index contributed by atoms with van der Waals surface area (Å²) in [6, 6.07) is 16.0. The van der Waals surface area contributed by atoms with Crippen LogP contribution in [0.3, 0.4) is 0 Å². The van der Waals surface area contributed by atoms with Crippen molar-refractivity contribution in [2.75, 3.05) is 26.9 Å². The molecule has 0 bridgehead atoms. The van der Waals surface area contributed by atoms with Crippen molar-refractivity contribution in [3.8, 4) is 5.75 Å². The van der Waals surface area contributed by atoms with Gasteiger partial charge in [-0.1, -0.05) is 29.8 Å². The van der Waals surface area contributed by atoms with Crippen LogP contribution in [0.1, 0.15) is 24.8 Å². The highest BCUT2D eigenvalue weighted by molar-refractivity contribution is 6.31. The molecule has 30 heavy (non-hydrogen) atoms. The van der Waals surface area contributed by atoms with E-state index < -0.39 is 0 Å². The monoisotopic (exact) mass is 426 g/mol. The van der Waals surface area contributed by atoms with Crippen LogP contribution in [0.4, 0.5) is 0 Å². The van der Waals surface area contributed by atoms with Crippen molar-refractivity contribution in [3.63, 3.8) is 0 Å². The third kappa shape index (κ3) is 4.47. The zero-order valence-electron chi connectivity index (χ0n) is 17.2. The average molecular weight is 427 g/mol. The maximum Gasteiger partial charge on any atom is 0.221 e. The van der Waals surface area contributed by atoms with Gasteiger partial charge < -0.3 is 19.4 Å². The predicted octanol–water partition coefficient (Wildman–Crippen LogP) is 4.56. The van der Waals surface area contributed by atoms with Crippen LogP contribution in [0.2, 0.25) is 5.02 Å². The number of benzene rings is 2. The van der Waals surface area contributed by atoms with Gasteiger partial charge >= 0.3 is 0 Å². The summed E-state index contributed by atoms with van der Waals surface area (Å²) in [7, 11) is 1.67. The Bertz CT molecular complexity index is 1010. The highest BCUT2D eigenvalue weighted by atomic mass is 35.5. The summed E-state index contributed by atoms with van der Waals surface area (Å²) >= 11 is 6.13. The third-order valence-corrected chi connectivity index (χ3v) is 6.33. The number of aromatic nitrogens is 1. The van der Waals surface area contributed by atoms with Crippen molar-refractivity contribution < 1.29 is 14.3 Å². The molecule has 1 amide bonds. The van der Waals surface area contributed by atoms with Crippen molar-refractivity contribution in [1.29, 1.82) is 0 Å². The van der Waals surface area contributed by atoms with Crippen LogP contribution < -0.4 is 10.1 Å². The number of aryl methyl sites for hydroxylation is 1. The fraction of sp³-hybridized carbons (Fsp3) is 0.375. The number of methoxy groups -OCH3 is 1. The van der Waals surface area contributed by atoms with Crippen LogP contribution in [0.15, 0.2) is 54.7 Å². The first-order valence-corrected chi connectivity index (χ1v) is 10.7. The minimum Gasteiger partial charge on any atom is -0.497 e. The van der Waals surface area contributed by atoms with Gasteiger partial charge in [-0.3, -0.25) is 4.79 Å². The van der Waals surface area contributed by atoms with Crippen molar-refractivity contribution in [1.82, 2.24) is 9.88 Å². The standard InChI is InChI=1S/C24H27ClN2O3/c1-29-21-6-3-19(4-7-21)24(10-14-30-15-11-24)17-26-23(28)9-13-27-12-8-18-2-5-20(25)16-22(18)27/h2-8,12,16H,9-11,13-15,17H2,1H3,(H,26,28). The van der Waals surface area contributed by atoms with Crippen LogP contribution in [0, 0.1) is 0 Å². The Kier molecular flexibility index (Phi) is 6.30. The molecule has 1 aliphatic rings. The number of ether oxygens (including phenoxy) is 2. The molecule has 4 rings (SSSR count). The van der Waals surface area contributed by atoms with Crippen LogP contribution in [0.25, 0.3) is 10.9 Å². The smallest absolute Gasteiger partial charge is 0.221 e. The second-order valence-electron chi connectivity index (χ2n) is 7.86.